The Hall–Kier alpha value is -2.77. The molecule has 1 aliphatic rings. The normalized spacial score (nSPS) is 18.6. The molecule has 0 aliphatic carbocycles. The Bertz CT molecular complexity index is 608. The Morgan fingerprint density at radius 2 is 2.17 bits per heavy atom. The first-order valence-electron chi connectivity index (χ1n) is 5.18. The molecule has 18 heavy (non-hydrogen) atoms. The first-order valence-corrected chi connectivity index (χ1v) is 5.18. The highest BCUT2D eigenvalue weighted by Crippen LogP contribution is 2.14. The van der Waals surface area contributed by atoms with Crippen molar-refractivity contribution in [2.75, 3.05) is 0 Å². The molecule has 8 nitrogen and oxygen atoms in total. The largest absolute Gasteiger partial charge is 0.322 e. The van der Waals surface area contributed by atoms with Crippen molar-refractivity contribution >= 4 is 11.9 Å². The summed E-state index contributed by atoms with van der Waals surface area (Å²) in [6.45, 7) is 0. The summed E-state index contributed by atoms with van der Waals surface area (Å²) in [6.07, 6.45) is 4.67. The quantitative estimate of drug-likeness (QED) is 0.696. The fourth-order valence-corrected chi connectivity index (χ4v) is 1.63. The molecule has 3 heterocycles. The highest BCUT2D eigenvalue weighted by Gasteiger charge is 2.33. The molecule has 2 aromatic rings. The van der Waals surface area contributed by atoms with E-state index in [0.717, 1.165) is 0 Å². The zero-order valence-electron chi connectivity index (χ0n) is 9.07. The van der Waals surface area contributed by atoms with Gasteiger partial charge in [-0.1, -0.05) is 0 Å². The summed E-state index contributed by atoms with van der Waals surface area (Å²) in [7, 11) is 0. The molecule has 8 heteroatoms. The summed E-state index contributed by atoms with van der Waals surface area (Å²) in [5, 5.41) is 12.8. The number of nitrogens with one attached hydrogen (secondary N) is 2. The van der Waals surface area contributed by atoms with Gasteiger partial charge in [-0.3, -0.25) is 15.1 Å². The van der Waals surface area contributed by atoms with Gasteiger partial charge in [-0.15, -0.1) is 4.80 Å². The van der Waals surface area contributed by atoms with Gasteiger partial charge in [-0.2, -0.15) is 10.2 Å². The predicted octanol–water partition coefficient (Wildman–Crippen LogP) is -0.457. The zero-order valence-corrected chi connectivity index (χ0v) is 9.07. The van der Waals surface area contributed by atoms with Gasteiger partial charge in [0, 0.05) is 6.20 Å². The van der Waals surface area contributed by atoms with E-state index >= 15 is 0 Å². The molecule has 3 amide bonds. The maximum atomic E-state index is 11.4. The second kappa shape index (κ2) is 3.91. The third kappa shape index (κ3) is 1.69. The van der Waals surface area contributed by atoms with Crippen LogP contribution in [0.2, 0.25) is 0 Å². The molecule has 0 bridgehead atoms. The Kier molecular flexibility index (Phi) is 2.26. The highest BCUT2D eigenvalue weighted by molar-refractivity contribution is 6.04. The van der Waals surface area contributed by atoms with Crippen LogP contribution in [0, 0.1) is 0 Å². The number of pyridine rings is 1. The molecule has 0 radical (unpaired) electrons. The van der Waals surface area contributed by atoms with E-state index in [2.05, 4.69) is 25.8 Å². The number of rotatable bonds is 2. The van der Waals surface area contributed by atoms with Gasteiger partial charge in [-0.05, 0) is 12.1 Å². The lowest BCUT2D eigenvalue weighted by molar-refractivity contribution is -0.120. The van der Waals surface area contributed by atoms with Crippen LogP contribution in [0.15, 0.2) is 30.7 Å². The molecule has 0 saturated carbocycles. The number of hydrogen-bond acceptors (Lipinski definition) is 5. The first kappa shape index (κ1) is 10.4. The molecule has 1 fully saturated rings. The van der Waals surface area contributed by atoms with Crippen molar-refractivity contribution in [3.05, 3.63) is 36.4 Å². The van der Waals surface area contributed by atoms with Crippen LogP contribution in [0.25, 0.3) is 5.69 Å². The number of imide groups is 1. The standard InChI is InChI=1S/C10H8N6O2/c17-9-8(13-10(18)14-9)7-5-12-16(15-7)6-2-1-3-11-4-6/h1-5,8H,(H2,13,14,17,18). The Balaban J connectivity index is 1.91. The van der Waals surface area contributed by atoms with Crippen molar-refractivity contribution < 1.29 is 9.59 Å². The summed E-state index contributed by atoms with van der Waals surface area (Å²) >= 11 is 0. The highest BCUT2D eigenvalue weighted by atomic mass is 16.2. The van der Waals surface area contributed by atoms with Crippen LogP contribution in [0.5, 0.6) is 0 Å². The summed E-state index contributed by atoms with van der Waals surface area (Å²) in [4.78, 5) is 27.7. The molecule has 90 valence electrons. The van der Waals surface area contributed by atoms with Crippen LogP contribution in [-0.4, -0.2) is 31.9 Å². The number of urea groups is 1. The molecule has 1 unspecified atom stereocenters. The number of amides is 3. The van der Waals surface area contributed by atoms with Crippen LogP contribution in [-0.2, 0) is 4.79 Å². The number of nitrogens with zero attached hydrogens (tertiary/aromatic N) is 4. The summed E-state index contributed by atoms with van der Waals surface area (Å²) in [6, 6.07) is 2.22. The van der Waals surface area contributed by atoms with E-state index in [1.54, 1.807) is 24.5 Å². The Labute approximate surface area is 101 Å². The first-order chi connectivity index (χ1) is 8.74. The molecule has 0 spiro atoms. The molecule has 2 N–H and O–H groups in total. The summed E-state index contributed by atoms with van der Waals surface area (Å²) in [5.74, 6) is -0.432. The average Bonchev–Trinajstić information content (AvgIpc) is 2.97. The lowest BCUT2D eigenvalue weighted by Crippen LogP contribution is -2.22. The third-order valence-electron chi connectivity index (χ3n) is 2.46. The van der Waals surface area contributed by atoms with Crippen LogP contribution in [0.1, 0.15) is 11.7 Å². The van der Waals surface area contributed by atoms with Gasteiger partial charge >= 0.3 is 6.03 Å². The predicted molar refractivity (Wildman–Crippen MR) is 58.6 cm³/mol. The number of aromatic nitrogens is 4. The van der Waals surface area contributed by atoms with E-state index in [0.29, 0.717) is 11.4 Å². The minimum Gasteiger partial charge on any atom is -0.320 e. The topological polar surface area (TPSA) is 102 Å². The van der Waals surface area contributed by atoms with Gasteiger partial charge in [0.15, 0.2) is 6.04 Å². The van der Waals surface area contributed by atoms with E-state index < -0.39 is 18.0 Å². The van der Waals surface area contributed by atoms with Crippen molar-refractivity contribution in [2.24, 2.45) is 0 Å². The van der Waals surface area contributed by atoms with Gasteiger partial charge < -0.3 is 5.32 Å². The number of carbonyl (C=O) groups excluding carboxylic acids is 2. The van der Waals surface area contributed by atoms with Gasteiger partial charge in [0.1, 0.15) is 11.4 Å². The smallest absolute Gasteiger partial charge is 0.320 e. The summed E-state index contributed by atoms with van der Waals surface area (Å²) in [5.41, 5.74) is 1.05. The summed E-state index contributed by atoms with van der Waals surface area (Å²) < 4.78 is 0. The van der Waals surface area contributed by atoms with Crippen molar-refractivity contribution in [3.8, 4) is 5.69 Å². The van der Waals surface area contributed by atoms with Gasteiger partial charge in [0.05, 0.1) is 12.4 Å². The fraction of sp³-hybridized carbons (Fsp3) is 0.100. The van der Waals surface area contributed by atoms with Crippen molar-refractivity contribution in [1.29, 1.82) is 0 Å². The molecule has 3 rings (SSSR count). The molecule has 2 aromatic heterocycles. The van der Waals surface area contributed by atoms with E-state index in [1.165, 1.54) is 11.0 Å². The zero-order chi connectivity index (χ0) is 12.5. The average molecular weight is 244 g/mol. The SMILES string of the molecule is O=C1NC(=O)C(c2cnn(-c3cccnc3)n2)N1. The molecule has 1 aliphatic heterocycles. The van der Waals surface area contributed by atoms with Crippen LogP contribution < -0.4 is 10.6 Å². The molecule has 0 aromatic carbocycles. The van der Waals surface area contributed by atoms with Gasteiger partial charge in [0.25, 0.3) is 5.91 Å². The van der Waals surface area contributed by atoms with Crippen molar-refractivity contribution in [2.45, 2.75) is 6.04 Å². The third-order valence-corrected chi connectivity index (χ3v) is 2.46. The molecular formula is C10H8N6O2. The lowest BCUT2D eigenvalue weighted by atomic mass is 10.2. The number of carbonyl (C=O) groups is 2. The molecule has 1 atom stereocenters. The van der Waals surface area contributed by atoms with Crippen molar-refractivity contribution in [1.82, 2.24) is 30.6 Å². The Morgan fingerprint density at radius 1 is 1.28 bits per heavy atom. The maximum absolute atomic E-state index is 11.4. The van der Waals surface area contributed by atoms with Crippen LogP contribution >= 0.6 is 0 Å². The second-order valence-electron chi connectivity index (χ2n) is 3.67. The minimum atomic E-state index is -0.789. The molecular weight excluding hydrogens is 236 g/mol. The van der Waals surface area contributed by atoms with Crippen molar-refractivity contribution in [3.63, 3.8) is 0 Å². The fourth-order valence-electron chi connectivity index (χ4n) is 1.63. The van der Waals surface area contributed by atoms with E-state index in [9.17, 15) is 9.59 Å². The van der Waals surface area contributed by atoms with E-state index in [1.807, 2.05) is 0 Å². The van der Waals surface area contributed by atoms with Crippen LogP contribution in [0.4, 0.5) is 4.79 Å². The maximum Gasteiger partial charge on any atom is 0.322 e. The second-order valence-corrected chi connectivity index (χ2v) is 3.67. The number of hydrogen-bond donors (Lipinski definition) is 2. The monoisotopic (exact) mass is 244 g/mol. The minimum absolute atomic E-state index is 0.377. The van der Waals surface area contributed by atoms with Gasteiger partial charge in [-0.25, -0.2) is 4.79 Å². The van der Waals surface area contributed by atoms with E-state index in [4.69, 9.17) is 0 Å². The molecule has 1 saturated heterocycles. The van der Waals surface area contributed by atoms with E-state index in [-0.39, 0.29) is 0 Å². The Morgan fingerprint density at radius 3 is 2.83 bits per heavy atom. The lowest BCUT2D eigenvalue weighted by Gasteiger charge is -2.01. The van der Waals surface area contributed by atoms with Gasteiger partial charge in [0.2, 0.25) is 0 Å². The van der Waals surface area contributed by atoms with Crippen LogP contribution in [0.3, 0.4) is 0 Å².